The molecule has 3 rings (SSSR count). The Kier molecular flexibility index (Phi) is 2.76. The zero-order valence-electron chi connectivity index (χ0n) is 10.2. The highest BCUT2D eigenvalue weighted by Crippen LogP contribution is 2.29. The number of H-pyrrole nitrogens is 1. The lowest BCUT2D eigenvalue weighted by Gasteiger charge is -2.10. The molecule has 19 heavy (non-hydrogen) atoms. The molecule has 6 heteroatoms. The van der Waals surface area contributed by atoms with Crippen molar-refractivity contribution in [2.45, 2.75) is 6.92 Å². The van der Waals surface area contributed by atoms with E-state index in [9.17, 15) is 0 Å². The lowest BCUT2D eigenvalue weighted by Crippen LogP contribution is -2.00. The average molecular weight is 274 g/mol. The molecule has 0 atom stereocenters. The third-order valence-electron chi connectivity index (χ3n) is 2.97. The monoisotopic (exact) mass is 273 g/mol. The van der Waals surface area contributed by atoms with E-state index in [4.69, 9.17) is 17.3 Å². The molecule has 1 aromatic carbocycles. The molecule has 2 heterocycles. The largest absolute Gasteiger partial charge is 0.396 e. The van der Waals surface area contributed by atoms with Crippen LogP contribution in [-0.4, -0.2) is 15.2 Å². The van der Waals surface area contributed by atoms with Crippen LogP contribution in [-0.2, 0) is 0 Å². The van der Waals surface area contributed by atoms with Crippen LogP contribution in [0.25, 0.3) is 10.9 Å². The molecule has 0 aliphatic rings. The summed E-state index contributed by atoms with van der Waals surface area (Å²) in [5.74, 6) is 0.624. The predicted molar refractivity (Wildman–Crippen MR) is 77.8 cm³/mol. The number of aromatic nitrogens is 3. The van der Waals surface area contributed by atoms with Crippen LogP contribution >= 0.6 is 11.6 Å². The van der Waals surface area contributed by atoms with Gasteiger partial charge in [-0.2, -0.15) is 5.10 Å². The fourth-order valence-corrected chi connectivity index (χ4v) is 2.16. The summed E-state index contributed by atoms with van der Waals surface area (Å²) >= 11 is 6.18. The fourth-order valence-electron chi connectivity index (χ4n) is 1.89. The van der Waals surface area contributed by atoms with Crippen LogP contribution in [0.1, 0.15) is 5.56 Å². The van der Waals surface area contributed by atoms with E-state index >= 15 is 0 Å². The summed E-state index contributed by atoms with van der Waals surface area (Å²) in [5.41, 5.74) is 9.23. The number of rotatable bonds is 2. The van der Waals surface area contributed by atoms with Gasteiger partial charge in [-0.05, 0) is 30.7 Å². The van der Waals surface area contributed by atoms with Crippen molar-refractivity contribution < 1.29 is 0 Å². The zero-order chi connectivity index (χ0) is 13.4. The normalized spacial score (nSPS) is 10.8. The number of benzene rings is 1. The molecule has 3 aromatic rings. The van der Waals surface area contributed by atoms with Gasteiger partial charge >= 0.3 is 0 Å². The number of nitrogens with zero attached hydrogens (tertiary/aromatic N) is 2. The molecule has 0 fully saturated rings. The maximum absolute atomic E-state index is 6.18. The van der Waals surface area contributed by atoms with Crippen molar-refractivity contribution in [3.8, 4) is 0 Å². The smallest absolute Gasteiger partial charge is 0.153 e. The quantitative estimate of drug-likeness (QED) is 0.670. The number of anilines is 3. The molecular formula is C13H12ClN5. The summed E-state index contributed by atoms with van der Waals surface area (Å²) in [6.45, 7) is 1.94. The Balaban J connectivity index is 2.03. The van der Waals surface area contributed by atoms with E-state index < -0.39 is 0 Å². The molecule has 0 radical (unpaired) electrons. The second kappa shape index (κ2) is 4.44. The maximum Gasteiger partial charge on any atom is 0.153 e. The van der Waals surface area contributed by atoms with Crippen LogP contribution in [0.2, 0.25) is 5.02 Å². The first-order valence-corrected chi connectivity index (χ1v) is 6.13. The highest BCUT2D eigenvalue weighted by Gasteiger charge is 2.07. The van der Waals surface area contributed by atoms with Gasteiger partial charge in [0.15, 0.2) is 5.82 Å². The lowest BCUT2D eigenvalue weighted by molar-refractivity contribution is 1.12. The van der Waals surface area contributed by atoms with Gasteiger partial charge in [0.1, 0.15) is 0 Å². The van der Waals surface area contributed by atoms with E-state index in [1.54, 1.807) is 12.4 Å². The van der Waals surface area contributed by atoms with Gasteiger partial charge in [-0.3, -0.25) is 5.10 Å². The van der Waals surface area contributed by atoms with Crippen LogP contribution in [0.15, 0.2) is 30.6 Å². The molecule has 0 saturated carbocycles. The summed E-state index contributed by atoms with van der Waals surface area (Å²) in [6.07, 6.45) is 3.44. The topological polar surface area (TPSA) is 79.6 Å². The SMILES string of the molecule is Cc1ccnc(Nc2cc(Cl)c3[nH]ncc3c2)c1N. The van der Waals surface area contributed by atoms with Crippen molar-refractivity contribution in [3.05, 3.63) is 41.2 Å². The summed E-state index contributed by atoms with van der Waals surface area (Å²) in [6, 6.07) is 5.62. The summed E-state index contributed by atoms with van der Waals surface area (Å²) < 4.78 is 0. The standard InChI is InChI=1S/C13H12ClN5/c1-7-2-3-16-13(11(7)15)18-9-4-8-6-17-19-12(8)10(14)5-9/h2-6H,15H2,1H3,(H,16,18)(H,17,19). The molecule has 0 spiro atoms. The van der Waals surface area contributed by atoms with Gasteiger partial charge in [-0.1, -0.05) is 11.6 Å². The van der Waals surface area contributed by atoms with Crippen molar-refractivity contribution in [1.82, 2.24) is 15.2 Å². The van der Waals surface area contributed by atoms with Crippen molar-refractivity contribution >= 4 is 39.7 Å². The van der Waals surface area contributed by atoms with Gasteiger partial charge in [-0.25, -0.2) is 4.98 Å². The molecule has 0 unspecified atom stereocenters. The zero-order valence-corrected chi connectivity index (χ0v) is 11.0. The average Bonchev–Trinajstić information content (AvgIpc) is 2.84. The maximum atomic E-state index is 6.18. The Hall–Kier alpha value is -2.27. The van der Waals surface area contributed by atoms with Gasteiger partial charge in [0.2, 0.25) is 0 Å². The first-order chi connectivity index (χ1) is 9.15. The first-order valence-electron chi connectivity index (χ1n) is 5.76. The number of aromatic amines is 1. The van der Waals surface area contributed by atoms with Gasteiger partial charge in [0, 0.05) is 17.3 Å². The second-order valence-corrected chi connectivity index (χ2v) is 4.71. The van der Waals surface area contributed by atoms with E-state index in [0.717, 1.165) is 22.2 Å². The Morgan fingerprint density at radius 1 is 1.37 bits per heavy atom. The molecule has 2 aromatic heterocycles. The van der Waals surface area contributed by atoms with Crippen LogP contribution in [0.5, 0.6) is 0 Å². The molecule has 0 aliphatic carbocycles. The van der Waals surface area contributed by atoms with Gasteiger partial charge < -0.3 is 11.1 Å². The molecule has 0 bridgehead atoms. The van der Waals surface area contributed by atoms with Crippen molar-refractivity contribution in [2.24, 2.45) is 0 Å². The summed E-state index contributed by atoms with van der Waals surface area (Å²) in [7, 11) is 0. The molecular weight excluding hydrogens is 262 g/mol. The van der Waals surface area contributed by atoms with E-state index in [1.807, 2.05) is 25.1 Å². The van der Waals surface area contributed by atoms with E-state index in [-0.39, 0.29) is 0 Å². The van der Waals surface area contributed by atoms with Crippen molar-refractivity contribution in [3.63, 3.8) is 0 Å². The molecule has 0 aliphatic heterocycles. The molecule has 96 valence electrons. The Labute approximate surface area is 114 Å². The van der Waals surface area contributed by atoms with Crippen LogP contribution in [0.3, 0.4) is 0 Å². The minimum absolute atomic E-state index is 0.601. The fraction of sp³-hybridized carbons (Fsp3) is 0.0769. The number of nitrogens with two attached hydrogens (primary N) is 1. The first kappa shape index (κ1) is 11.8. The number of hydrogen-bond donors (Lipinski definition) is 3. The van der Waals surface area contributed by atoms with Crippen LogP contribution in [0, 0.1) is 6.92 Å². The third kappa shape index (κ3) is 2.08. The van der Waals surface area contributed by atoms with E-state index in [1.165, 1.54) is 0 Å². The Morgan fingerprint density at radius 3 is 3.05 bits per heavy atom. The number of nitrogen functional groups attached to an aromatic ring is 1. The molecule has 0 amide bonds. The van der Waals surface area contributed by atoms with Crippen molar-refractivity contribution in [2.75, 3.05) is 11.1 Å². The van der Waals surface area contributed by atoms with Crippen molar-refractivity contribution in [1.29, 1.82) is 0 Å². The van der Waals surface area contributed by atoms with Crippen LogP contribution in [0.4, 0.5) is 17.2 Å². The highest BCUT2D eigenvalue weighted by atomic mass is 35.5. The van der Waals surface area contributed by atoms with Gasteiger partial charge in [0.05, 0.1) is 22.4 Å². The minimum atomic E-state index is 0.601. The van der Waals surface area contributed by atoms with E-state index in [2.05, 4.69) is 20.5 Å². The Morgan fingerprint density at radius 2 is 2.21 bits per heavy atom. The predicted octanol–water partition coefficient (Wildman–Crippen LogP) is 3.25. The Bertz CT molecular complexity index is 750. The number of fused-ring (bicyclic) bond motifs is 1. The van der Waals surface area contributed by atoms with Gasteiger partial charge in [-0.15, -0.1) is 0 Å². The second-order valence-electron chi connectivity index (χ2n) is 4.31. The summed E-state index contributed by atoms with van der Waals surface area (Å²) in [5, 5.41) is 11.5. The number of halogens is 1. The minimum Gasteiger partial charge on any atom is -0.396 e. The number of nitrogens with one attached hydrogen (secondary N) is 2. The summed E-state index contributed by atoms with van der Waals surface area (Å²) in [4.78, 5) is 4.23. The van der Waals surface area contributed by atoms with E-state index in [0.29, 0.717) is 16.5 Å². The number of hydrogen-bond acceptors (Lipinski definition) is 4. The third-order valence-corrected chi connectivity index (χ3v) is 3.27. The molecule has 0 saturated heterocycles. The molecule has 4 N–H and O–H groups in total. The number of pyridine rings is 1. The van der Waals surface area contributed by atoms with Gasteiger partial charge in [0.25, 0.3) is 0 Å². The number of aryl methyl sites for hydroxylation is 1. The van der Waals surface area contributed by atoms with Crippen LogP contribution < -0.4 is 11.1 Å². The molecule has 5 nitrogen and oxygen atoms in total. The lowest BCUT2D eigenvalue weighted by atomic mass is 10.2. The highest BCUT2D eigenvalue weighted by molar-refractivity contribution is 6.35.